The Bertz CT molecular complexity index is 3650. The zero-order valence-electron chi connectivity index (χ0n) is 65.8. The molecule has 2 aromatic rings. The van der Waals surface area contributed by atoms with E-state index in [1.165, 1.54) is 93.9 Å². The smallest absolute Gasteiger partial charge is 0.458 e. The molecule has 1 fully saturated rings. The summed E-state index contributed by atoms with van der Waals surface area (Å²) in [7, 11) is 4.70. The number of rotatable bonds is 33. The van der Waals surface area contributed by atoms with Crippen molar-refractivity contribution in [2.45, 2.75) is 201 Å². The summed E-state index contributed by atoms with van der Waals surface area (Å²) in [5, 5.41) is 21.5. The summed E-state index contributed by atoms with van der Waals surface area (Å²) in [5.41, 5.74) is 5.94. The third kappa shape index (κ3) is 28.5. The van der Waals surface area contributed by atoms with Crippen molar-refractivity contribution in [3.63, 3.8) is 0 Å². The number of cyclic esters (lactones) is 2. The largest absolute Gasteiger partial charge is 0.508 e. The second-order valence-electron chi connectivity index (χ2n) is 27.9. The second-order valence-corrected chi connectivity index (χ2v) is 27.9. The summed E-state index contributed by atoms with van der Waals surface area (Å²) in [6.45, 7) is 21.2. The van der Waals surface area contributed by atoms with Crippen LogP contribution in [0.2, 0.25) is 0 Å². The van der Waals surface area contributed by atoms with Gasteiger partial charge in [-0.1, -0.05) is 97.5 Å². The van der Waals surface area contributed by atoms with Gasteiger partial charge in [0.1, 0.15) is 48.7 Å². The molecule has 111 heavy (non-hydrogen) atoms. The number of imide groups is 1. The SMILES string of the molecule is C=C1C(=O)N[C@@H](C)C(=O)N(C)[C@@H](C)C(=O)N[C@@H]([C@H](OC(=O)[C@@H](NC(=O)CC)[C@H](OC(=O)OCc2ccc(NC(=O)[C@H](CCCNC(N)=O)NC[C@@H](NC(=O)CCOCCN3C(=O)C=CC3=O)C(C)C)cc2)C(C)C)C(C)C)C(=O)N(C)[C@@H]([C@@H](C)OC)C(=O)O[C@H](C)[C@H](NC(C)=O)C(=O)O[C@H](Cc2ccccc2)C(=O)N1C. The molecule has 4 rings (SSSR count). The number of nitrogens with two attached hydrogens (primary N) is 1. The monoisotopic (exact) mass is 1560 g/mol. The van der Waals surface area contributed by atoms with E-state index in [2.05, 4.69) is 49.1 Å². The number of anilines is 1. The molecule has 2 aliphatic heterocycles. The van der Waals surface area contributed by atoms with Gasteiger partial charge in [0.15, 0.2) is 24.2 Å². The Morgan fingerprint density at radius 2 is 1.36 bits per heavy atom. The van der Waals surface area contributed by atoms with Crippen molar-refractivity contribution in [1.82, 2.24) is 56.8 Å². The zero-order valence-corrected chi connectivity index (χ0v) is 65.8. The van der Waals surface area contributed by atoms with Crippen LogP contribution in [0.1, 0.15) is 120 Å². The van der Waals surface area contributed by atoms with E-state index in [0.717, 1.165) is 45.7 Å². The van der Waals surface area contributed by atoms with E-state index in [0.29, 0.717) is 23.2 Å². The number of nitrogens with zero attached hydrogens (tertiary/aromatic N) is 4. The lowest BCUT2D eigenvalue weighted by atomic mass is 9.95. The van der Waals surface area contributed by atoms with Crippen molar-refractivity contribution in [3.05, 3.63) is 90.2 Å². The van der Waals surface area contributed by atoms with Gasteiger partial charge in [0.25, 0.3) is 23.6 Å². The molecule has 2 aliphatic rings. The Hall–Kier alpha value is -10.9. The standard InChI is InChI=1S/C75H109N13O23/c1-18-55(90)83-61(64(42(6)7)111-75(104)107-39-50-26-28-51(29-27-50)81-67(96)52(25-22-33-77-74(76)103)78-38-53(40(2)3)82-56(91)32-35-106-36-34-88-57(92)30-31-58(88)93)72(101)110-63(41(4)5)60-70(99)87(16)62(47(12)105-17)73(102)108-46(11)59(80-48(13)89)71(100)109-54(37-49-23-20-19-21-24-49)69(98)86(15)44(9)65(94)79-43(8)68(97)85(14)45(10)66(95)84-60/h19-21,23-24,26-31,40-43,45-47,52-54,59-64,78H,9,18,22,25,32-39H2,1-8,10-17H3,(H,79,94)(H,80,89)(H,81,96)(H,82,91)(H,83,90)(H,84,95)(H3,76,77,103)/t43-,45-,46+,47+,52-,53+,54+,59-,60-,61-,62-,63+,64+/m0/s1. The van der Waals surface area contributed by atoms with Crippen LogP contribution < -0.4 is 48.3 Å². The van der Waals surface area contributed by atoms with E-state index in [1.54, 1.807) is 44.2 Å². The van der Waals surface area contributed by atoms with Gasteiger partial charge >= 0.3 is 30.1 Å². The quantitative estimate of drug-likeness (QED) is 0.0158. The molecule has 612 valence electrons. The van der Waals surface area contributed by atoms with E-state index >= 15 is 9.59 Å². The summed E-state index contributed by atoms with van der Waals surface area (Å²) < 4.78 is 40.3. The molecule has 36 heteroatoms. The minimum absolute atomic E-state index is 0.0124. The van der Waals surface area contributed by atoms with Crippen molar-refractivity contribution in [3.8, 4) is 0 Å². The van der Waals surface area contributed by atoms with Gasteiger partial charge in [-0.2, -0.15) is 0 Å². The lowest BCUT2D eigenvalue weighted by Crippen LogP contribution is -2.64. The number of benzene rings is 2. The van der Waals surface area contributed by atoms with Crippen LogP contribution in [0.4, 0.5) is 15.3 Å². The molecule has 1 saturated heterocycles. The van der Waals surface area contributed by atoms with Crippen LogP contribution in [0.5, 0.6) is 0 Å². The van der Waals surface area contributed by atoms with Gasteiger partial charge in [-0.25, -0.2) is 24.0 Å². The molecule has 0 radical (unpaired) electrons. The number of likely N-dealkylation sites (N-methyl/N-ethyl adjacent to an activating group) is 3. The first-order valence-electron chi connectivity index (χ1n) is 36.5. The Morgan fingerprint density at radius 3 is 1.94 bits per heavy atom. The number of hydrogen-bond donors (Lipinski definition) is 9. The van der Waals surface area contributed by atoms with Crippen LogP contribution in [0.3, 0.4) is 0 Å². The molecular formula is C75H109N13O23. The molecule has 10 N–H and O–H groups in total. The van der Waals surface area contributed by atoms with Gasteiger partial charge in [0, 0.05) is 91.4 Å². The summed E-state index contributed by atoms with van der Waals surface area (Å²) in [4.78, 5) is 222. The van der Waals surface area contributed by atoms with Crippen LogP contribution >= 0.6 is 0 Å². The maximum Gasteiger partial charge on any atom is 0.508 e. The van der Waals surface area contributed by atoms with Crippen LogP contribution in [-0.4, -0.2) is 255 Å². The number of primary amides is 1. The number of ether oxygens (including phenoxy) is 7. The average molecular weight is 1560 g/mol. The molecule has 0 bridgehead atoms. The first-order valence-corrected chi connectivity index (χ1v) is 36.5. The predicted octanol–water partition coefficient (Wildman–Crippen LogP) is 0.920. The third-order valence-corrected chi connectivity index (χ3v) is 18.4. The van der Waals surface area contributed by atoms with Gasteiger partial charge < -0.3 is 96.1 Å². The average Bonchev–Trinajstić information content (AvgIpc) is 1.70. The normalized spacial score (nSPS) is 21.0. The van der Waals surface area contributed by atoms with Gasteiger partial charge in [-0.05, 0) is 81.5 Å². The van der Waals surface area contributed by atoms with Gasteiger partial charge in [-0.15, -0.1) is 0 Å². The number of esters is 3. The van der Waals surface area contributed by atoms with Crippen molar-refractivity contribution in [2.24, 2.45) is 23.5 Å². The maximum atomic E-state index is 15.5. The van der Waals surface area contributed by atoms with E-state index in [4.69, 9.17) is 38.9 Å². The molecule has 2 aromatic carbocycles. The van der Waals surface area contributed by atoms with Crippen molar-refractivity contribution < 1.29 is 110 Å². The lowest BCUT2D eigenvalue weighted by molar-refractivity contribution is -0.174. The Morgan fingerprint density at radius 1 is 0.721 bits per heavy atom. The second kappa shape index (κ2) is 44.7. The zero-order chi connectivity index (χ0) is 83.3. The van der Waals surface area contributed by atoms with E-state index in [-0.39, 0.29) is 70.4 Å². The maximum absolute atomic E-state index is 15.5. The van der Waals surface area contributed by atoms with Gasteiger partial charge in [0.2, 0.25) is 41.4 Å². The number of amides is 13. The van der Waals surface area contributed by atoms with Crippen LogP contribution in [0.25, 0.3) is 0 Å². The van der Waals surface area contributed by atoms with Crippen molar-refractivity contribution in [1.29, 1.82) is 0 Å². The van der Waals surface area contributed by atoms with E-state index in [1.807, 2.05) is 13.8 Å². The van der Waals surface area contributed by atoms with Crippen LogP contribution in [0, 0.1) is 17.8 Å². The fraction of sp³-hybridized carbons (Fsp3) is 0.573. The Labute approximate surface area is 645 Å². The molecule has 2 heterocycles. The third-order valence-electron chi connectivity index (χ3n) is 18.4. The molecule has 0 spiro atoms. The minimum Gasteiger partial charge on any atom is -0.458 e. The summed E-state index contributed by atoms with van der Waals surface area (Å²) >= 11 is 0. The Balaban J connectivity index is 1.63. The Kier molecular flexibility index (Phi) is 37.2. The summed E-state index contributed by atoms with van der Waals surface area (Å²) in [6, 6.07) is 1.85. The van der Waals surface area contributed by atoms with Crippen LogP contribution in [-0.2, 0) is 113 Å². The molecule has 0 aromatic heterocycles. The lowest BCUT2D eigenvalue weighted by Gasteiger charge is -2.38. The van der Waals surface area contributed by atoms with Gasteiger partial charge in [-0.3, -0.25) is 57.6 Å². The summed E-state index contributed by atoms with van der Waals surface area (Å²) in [5.74, 6) is -14.1. The fourth-order valence-corrected chi connectivity index (χ4v) is 11.4. The van der Waals surface area contributed by atoms with E-state index in [9.17, 15) is 67.1 Å². The molecule has 0 unspecified atom stereocenters. The van der Waals surface area contributed by atoms with Crippen molar-refractivity contribution in [2.75, 3.05) is 66.4 Å². The highest BCUT2D eigenvalue weighted by Gasteiger charge is 2.47. The molecule has 13 amide bonds. The number of methoxy groups -OCH3 is 1. The predicted molar refractivity (Wildman–Crippen MR) is 398 cm³/mol. The highest BCUT2D eigenvalue weighted by Crippen LogP contribution is 2.24. The van der Waals surface area contributed by atoms with E-state index < -0.39 is 192 Å². The molecular weight excluding hydrogens is 1450 g/mol. The van der Waals surface area contributed by atoms with Gasteiger partial charge in [0.05, 0.1) is 31.9 Å². The number of nitrogens with one attached hydrogen (secondary N) is 8. The fourth-order valence-electron chi connectivity index (χ4n) is 11.4. The summed E-state index contributed by atoms with van der Waals surface area (Å²) in [6.07, 6.45) is -6.99. The topological polar surface area (TPSA) is 473 Å². The highest BCUT2D eigenvalue weighted by atomic mass is 16.7. The number of hydrogen-bond acceptors (Lipinski definition) is 24. The molecule has 36 nitrogen and oxygen atoms in total. The molecule has 13 atom stereocenters. The number of carbonyl (C=O) groups is 16. The number of urea groups is 1. The molecule has 0 saturated carbocycles. The highest BCUT2D eigenvalue weighted by molar-refractivity contribution is 6.13. The number of carbonyl (C=O) groups excluding carboxylic acids is 16. The first kappa shape index (κ1) is 92.5. The molecule has 0 aliphatic carbocycles. The van der Waals surface area contributed by atoms with Crippen molar-refractivity contribution >= 4 is 101 Å². The first-order chi connectivity index (χ1) is 52.2. The van der Waals surface area contributed by atoms with Crippen LogP contribution in [0.15, 0.2) is 79.0 Å². The minimum atomic E-state index is -2.02.